The monoisotopic (exact) mass is 390 g/mol. The van der Waals surface area contributed by atoms with E-state index >= 15 is 0 Å². The van der Waals surface area contributed by atoms with Crippen molar-refractivity contribution in [1.82, 2.24) is 0 Å². The molecule has 0 bridgehead atoms. The summed E-state index contributed by atoms with van der Waals surface area (Å²) in [6, 6.07) is 0. The standard InChI is InChI=1S/C5H7N.C4H8.3C3H8.2CH4.Y/c1-3-5-6-4-2;1-3-4-2;3*1-3-2;;;/h2,4H,3H2,1H3;3-4H,1-2H3;3*3H2,1-2H3;2*1H4;/q-2;;;;;;;. The number of nitrogens with zero attached hydrogens (tertiary/aromatic N) is 1. The summed E-state index contributed by atoms with van der Waals surface area (Å²) in [4.78, 5) is 3.49. The number of hydrogen-bond acceptors (Lipinski definition) is 1. The van der Waals surface area contributed by atoms with Gasteiger partial charge in [-0.25, -0.2) is 0 Å². The molecule has 0 aliphatic rings. The van der Waals surface area contributed by atoms with E-state index in [-0.39, 0.29) is 47.6 Å². The van der Waals surface area contributed by atoms with Crippen LogP contribution in [-0.4, -0.2) is 6.21 Å². The Morgan fingerprint density at radius 1 is 0.773 bits per heavy atom. The molecule has 0 saturated heterocycles. The molecule has 0 aromatic carbocycles. The second kappa shape index (κ2) is 102. The average molecular weight is 391 g/mol. The van der Waals surface area contributed by atoms with Crippen molar-refractivity contribution in [2.24, 2.45) is 4.99 Å². The summed E-state index contributed by atoms with van der Waals surface area (Å²) >= 11 is 0. The van der Waals surface area contributed by atoms with Gasteiger partial charge in [0.05, 0.1) is 0 Å². The number of allylic oxidation sites excluding steroid dienone is 2. The Kier molecular flexibility index (Phi) is 229. The van der Waals surface area contributed by atoms with E-state index in [1.54, 1.807) is 0 Å². The first-order valence-electron chi connectivity index (χ1n) is 7.61. The van der Waals surface area contributed by atoms with Gasteiger partial charge in [-0.3, -0.25) is 0 Å². The van der Waals surface area contributed by atoms with Crippen LogP contribution >= 0.6 is 0 Å². The Hall–Kier alpha value is 0.254. The molecule has 0 fully saturated rings. The summed E-state index contributed by atoms with van der Waals surface area (Å²) < 4.78 is 0. The molecule has 0 rings (SSSR count). The third kappa shape index (κ3) is 415. The molecule has 1 radical (unpaired) electrons. The molecule has 137 valence electrons. The van der Waals surface area contributed by atoms with Crippen molar-refractivity contribution in [3.05, 3.63) is 24.9 Å². The van der Waals surface area contributed by atoms with Gasteiger partial charge in [-0.2, -0.15) is 6.21 Å². The molecule has 0 aromatic heterocycles. The maximum Gasteiger partial charge on any atom is 0 e. The van der Waals surface area contributed by atoms with Gasteiger partial charge in [0.15, 0.2) is 0 Å². The second-order valence-corrected chi connectivity index (χ2v) is 3.58. The predicted molar refractivity (Wildman–Crippen MR) is 108 cm³/mol. The quantitative estimate of drug-likeness (QED) is 0.255. The first-order valence-corrected chi connectivity index (χ1v) is 7.61. The SMILES string of the molecule is C.C.CC=CC.CCC.CCC.CCC.[CH-]=CN=[C-]CC.[Y]. The first-order chi connectivity index (χ1) is 9.07. The van der Waals surface area contributed by atoms with Gasteiger partial charge < -0.3 is 17.8 Å². The Labute approximate surface area is 171 Å². The van der Waals surface area contributed by atoms with E-state index in [0.29, 0.717) is 0 Å². The Morgan fingerprint density at radius 2 is 1.00 bits per heavy atom. The van der Waals surface area contributed by atoms with E-state index in [0.717, 1.165) is 6.42 Å². The molecule has 0 N–H and O–H groups in total. The van der Waals surface area contributed by atoms with Gasteiger partial charge >= 0.3 is 0 Å². The molecular formula is C20H47NY-2. The number of rotatable bonds is 2. The first kappa shape index (κ1) is 49.5. The summed E-state index contributed by atoms with van der Waals surface area (Å²) in [7, 11) is 0. The van der Waals surface area contributed by atoms with Gasteiger partial charge in [0.1, 0.15) is 0 Å². The largest absolute Gasteiger partial charge is 0.601 e. The van der Waals surface area contributed by atoms with Crippen LogP contribution in [0.2, 0.25) is 0 Å². The Morgan fingerprint density at radius 3 is 1.05 bits per heavy atom. The molecule has 0 atom stereocenters. The molecular weight excluding hydrogens is 343 g/mol. The summed E-state index contributed by atoms with van der Waals surface area (Å²) in [6.45, 7) is 23.6. The molecule has 0 unspecified atom stereocenters. The minimum absolute atomic E-state index is 0. The van der Waals surface area contributed by atoms with Crippen molar-refractivity contribution < 1.29 is 32.7 Å². The number of aliphatic imine (C=N–C) groups is 1. The molecule has 0 saturated carbocycles. The smallest absolute Gasteiger partial charge is 0 e. The van der Waals surface area contributed by atoms with Crippen molar-refractivity contribution in [3.63, 3.8) is 0 Å². The molecule has 2 heteroatoms. The maximum atomic E-state index is 4.86. The number of hydrogen-bond donors (Lipinski definition) is 0. The molecule has 22 heavy (non-hydrogen) atoms. The Balaban J connectivity index is -0.0000000185. The van der Waals surface area contributed by atoms with E-state index in [2.05, 4.69) is 52.7 Å². The Bertz CT molecular complexity index is 132. The third-order valence-corrected chi connectivity index (χ3v) is 0.657. The van der Waals surface area contributed by atoms with Crippen molar-refractivity contribution >= 4 is 6.21 Å². The van der Waals surface area contributed by atoms with Crippen LogP contribution < -0.4 is 0 Å². The summed E-state index contributed by atoms with van der Waals surface area (Å²) in [6.07, 6.45) is 12.4. The van der Waals surface area contributed by atoms with Crippen molar-refractivity contribution in [2.45, 2.75) is 103 Å². The van der Waals surface area contributed by atoms with E-state index in [9.17, 15) is 0 Å². The summed E-state index contributed by atoms with van der Waals surface area (Å²) in [5.41, 5.74) is 0. The molecule has 0 spiro atoms. The third-order valence-electron chi connectivity index (χ3n) is 0.657. The van der Waals surface area contributed by atoms with Crippen LogP contribution in [0.4, 0.5) is 0 Å². The molecule has 0 aromatic rings. The molecule has 0 aliphatic heterocycles. The van der Waals surface area contributed by atoms with Gasteiger partial charge in [0.2, 0.25) is 0 Å². The topological polar surface area (TPSA) is 12.4 Å². The molecule has 0 heterocycles. The van der Waals surface area contributed by atoms with Crippen LogP contribution in [0.3, 0.4) is 0 Å². The normalized spacial score (nSPS) is 6.77. The zero-order valence-electron chi connectivity index (χ0n) is 15.7. The zero-order chi connectivity index (χ0) is 16.4. The molecule has 0 amide bonds. The van der Waals surface area contributed by atoms with Crippen molar-refractivity contribution in [2.75, 3.05) is 0 Å². The molecule has 0 aliphatic carbocycles. The minimum atomic E-state index is 0. The van der Waals surface area contributed by atoms with E-state index in [1.165, 1.54) is 25.5 Å². The van der Waals surface area contributed by atoms with E-state index in [1.807, 2.05) is 32.9 Å². The van der Waals surface area contributed by atoms with Crippen LogP contribution in [0.1, 0.15) is 103 Å². The fourth-order valence-corrected chi connectivity index (χ4v) is 0.144. The zero-order valence-corrected chi connectivity index (χ0v) is 18.5. The fraction of sp³-hybridized carbons (Fsp3) is 0.750. The van der Waals surface area contributed by atoms with Crippen LogP contribution in [-0.2, 0) is 32.7 Å². The van der Waals surface area contributed by atoms with Crippen LogP contribution in [0.25, 0.3) is 0 Å². The van der Waals surface area contributed by atoms with Gasteiger partial charge in [0, 0.05) is 32.7 Å². The minimum Gasteiger partial charge on any atom is -0.601 e. The fourth-order valence-electron chi connectivity index (χ4n) is 0.144. The summed E-state index contributed by atoms with van der Waals surface area (Å²) in [5.74, 6) is 0. The van der Waals surface area contributed by atoms with Gasteiger partial charge in [-0.05, 0) is 13.8 Å². The second-order valence-electron chi connectivity index (χ2n) is 3.58. The van der Waals surface area contributed by atoms with Crippen LogP contribution in [0, 0.1) is 6.58 Å². The molecule has 1 nitrogen and oxygen atoms in total. The van der Waals surface area contributed by atoms with Gasteiger partial charge in [0.25, 0.3) is 0 Å². The summed E-state index contributed by atoms with van der Waals surface area (Å²) in [5, 5.41) is 0. The van der Waals surface area contributed by atoms with Gasteiger partial charge in [-0.15, -0.1) is 0 Å². The van der Waals surface area contributed by atoms with Crippen molar-refractivity contribution in [1.29, 1.82) is 0 Å². The van der Waals surface area contributed by atoms with E-state index in [4.69, 9.17) is 6.58 Å². The van der Waals surface area contributed by atoms with Crippen LogP contribution in [0.5, 0.6) is 0 Å². The predicted octanol–water partition coefficient (Wildman–Crippen LogP) is 8.39. The average Bonchev–Trinajstić information content (AvgIpc) is 2.39. The van der Waals surface area contributed by atoms with Gasteiger partial charge in [-0.1, -0.05) is 101 Å². The maximum absolute atomic E-state index is 4.86. The van der Waals surface area contributed by atoms with E-state index < -0.39 is 0 Å². The van der Waals surface area contributed by atoms with Crippen molar-refractivity contribution in [3.8, 4) is 0 Å². The van der Waals surface area contributed by atoms with Crippen LogP contribution in [0.15, 0.2) is 23.3 Å².